The molecule has 0 aromatic rings. The number of carbonyl (C=O) groups excluding carboxylic acids is 3. The van der Waals surface area contributed by atoms with Crippen molar-refractivity contribution in [3.63, 3.8) is 0 Å². The standard InChI is InChI=1S/C25H34O7/c1-14(27)20-10-16(28)11-23(30)7-4-19-18(24(20,23)13-26)3-6-22(2)17(5-8-25(19,22)31)15-9-21(29)32-12-15/h9,13,16-20,28,30-31H,3-8,10-12H2,1-2H3/t16-,17+,18-,19+,20?,22+,23-,24-,25-/m0/s1. The first-order valence-electron chi connectivity index (χ1n) is 12.0. The summed E-state index contributed by atoms with van der Waals surface area (Å²) in [7, 11) is 0. The monoisotopic (exact) mass is 446 g/mol. The third kappa shape index (κ3) is 2.56. The molecule has 7 heteroatoms. The first-order valence-corrected chi connectivity index (χ1v) is 12.0. The van der Waals surface area contributed by atoms with Crippen LogP contribution in [0, 0.1) is 34.5 Å². The molecule has 5 aliphatic rings. The van der Waals surface area contributed by atoms with Gasteiger partial charge in [-0.05, 0) is 75.2 Å². The number of cyclic esters (lactones) is 1. The number of carbonyl (C=O) groups is 3. The normalized spacial score (nSPS) is 52.3. The van der Waals surface area contributed by atoms with Gasteiger partial charge in [-0.3, -0.25) is 4.79 Å². The van der Waals surface area contributed by atoms with E-state index in [-0.39, 0.29) is 55.4 Å². The Morgan fingerprint density at radius 2 is 1.88 bits per heavy atom. The Labute approximate surface area is 188 Å². The Balaban J connectivity index is 1.57. The van der Waals surface area contributed by atoms with E-state index in [2.05, 4.69) is 6.92 Å². The minimum Gasteiger partial charge on any atom is -0.458 e. The molecule has 7 nitrogen and oxygen atoms in total. The maximum absolute atomic E-state index is 12.8. The highest BCUT2D eigenvalue weighted by Crippen LogP contribution is 2.71. The van der Waals surface area contributed by atoms with Crippen molar-refractivity contribution in [2.45, 2.75) is 82.5 Å². The van der Waals surface area contributed by atoms with Crippen LogP contribution in [0.4, 0.5) is 0 Å². The average Bonchev–Trinajstić information content (AvgIpc) is 3.26. The minimum absolute atomic E-state index is 0.0321. The molecule has 0 radical (unpaired) electrons. The van der Waals surface area contributed by atoms with Gasteiger partial charge in [0.25, 0.3) is 0 Å². The maximum atomic E-state index is 12.8. The molecule has 3 N–H and O–H groups in total. The molecule has 1 heterocycles. The van der Waals surface area contributed by atoms with Crippen molar-refractivity contribution >= 4 is 18.0 Å². The summed E-state index contributed by atoms with van der Waals surface area (Å²) in [5.74, 6) is -1.80. The predicted octanol–water partition coefficient (Wildman–Crippen LogP) is 1.71. The van der Waals surface area contributed by atoms with Crippen LogP contribution in [0.5, 0.6) is 0 Å². The zero-order valence-electron chi connectivity index (χ0n) is 18.9. The Kier molecular flexibility index (Phi) is 4.84. The van der Waals surface area contributed by atoms with Crippen LogP contribution in [0.2, 0.25) is 0 Å². The smallest absolute Gasteiger partial charge is 0.331 e. The van der Waals surface area contributed by atoms with Gasteiger partial charge >= 0.3 is 5.97 Å². The molecule has 0 spiro atoms. The van der Waals surface area contributed by atoms with Gasteiger partial charge in [0.05, 0.1) is 22.7 Å². The van der Waals surface area contributed by atoms with E-state index < -0.39 is 34.1 Å². The van der Waals surface area contributed by atoms with E-state index in [1.54, 1.807) is 6.08 Å². The third-order valence-electron chi connectivity index (χ3n) is 10.4. The largest absolute Gasteiger partial charge is 0.458 e. The lowest BCUT2D eigenvalue weighted by molar-refractivity contribution is -0.260. The van der Waals surface area contributed by atoms with Gasteiger partial charge in [-0.2, -0.15) is 0 Å². The summed E-state index contributed by atoms with van der Waals surface area (Å²) >= 11 is 0. The number of hydrogen-bond acceptors (Lipinski definition) is 7. The number of ketones is 1. The summed E-state index contributed by atoms with van der Waals surface area (Å²) in [6, 6.07) is 0. The molecule has 0 bridgehead atoms. The van der Waals surface area contributed by atoms with Crippen LogP contribution in [-0.4, -0.2) is 57.3 Å². The predicted molar refractivity (Wildman–Crippen MR) is 113 cm³/mol. The first kappa shape index (κ1) is 22.2. The Morgan fingerprint density at radius 1 is 1.16 bits per heavy atom. The van der Waals surface area contributed by atoms with Gasteiger partial charge in [0.15, 0.2) is 0 Å². The van der Waals surface area contributed by atoms with Gasteiger partial charge in [0.1, 0.15) is 18.7 Å². The van der Waals surface area contributed by atoms with E-state index in [1.165, 1.54) is 6.92 Å². The highest BCUT2D eigenvalue weighted by Gasteiger charge is 2.73. The Morgan fingerprint density at radius 3 is 2.50 bits per heavy atom. The average molecular weight is 447 g/mol. The maximum Gasteiger partial charge on any atom is 0.331 e. The molecular formula is C25H34O7. The lowest BCUT2D eigenvalue weighted by Gasteiger charge is -2.66. The van der Waals surface area contributed by atoms with Crippen LogP contribution >= 0.6 is 0 Å². The fourth-order valence-electron chi connectivity index (χ4n) is 9.00. The van der Waals surface area contributed by atoms with E-state index >= 15 is 0 Å². The summed E-state index contributed by atoms with van der Waals surface area (Å²) in [5.41, 5.74) is -3.32. The molecule has 5 rings (SSSR count). The molecule has 4 saturated carbocycles. The molecular weight excluding hydrogens is 412 g/mol. The first-order chi connectivity index (χ1) is 15.0. The van der Waals surface area contributed by atoms with Gasteiger partial charge < -0.3 is 24.9 Å². The van der Waals surface area contributed by atoms with E-state index in [1.807, 2.05) is 0 Å². The minimum atomic E-state index is -1.44. The van der Waals surface area contributed by atoms with Crippen molar-refractivity contribution in [1.82, 2.24) is 0 Å². The number of aliphatic hydroxyl groups is 3. The second-order valence-electron chi connectivity index (χ2n) is 11.4. The SMILES string of the molecule is CC(=O)C1C[C@H](O)C[C@@]2(O)CC[C@@H]3[C@H](CC[C@]4(C)[C@@H](C5=CC(=O)OC5)CC[C@]34O)[C@@]12C=O. The van der Waals surface area contributed by atoms with Crippen LogP contribution < -0.4 is 0 Å². The number of ether oxygens (including phenoxy) is 1. The second kappa shape index (κ2) is 6.97. The number of aldehydes is 1. The van der Waals surface area contributed by atoms with Gasteiger partial charge in [-0.25, -0.2) is 4.79 Å². The number of esters is 1. The third-order valence-corrected chi connectivity index (χ3v) is 10.4. The fraction of sp³-hybridized carbons (Fsp3) is 0.800. The molecule has 1 aliphatic heterocycles. The van der Waals surface area contributed by atoms with E-state index in [0.717, 1.165) is 18.3 Å². The van der Waals surface area contributed by atoms with Gasteiger partial charge in [-0.15, -0.1) is 0 Å². The quantitative estimate of drug-likeness (QED) is 0.446. The Bertz CT molecular complexity index is 897. The van der Waals surface area contributed by atoms with Crippen molar-refractivity contribution in [2.75, 3.05) is 6.61 Å². The molecule has 176 valence electrons. The summed E-state index contributed by atoms with van der Waals surface area (Å²) in [6.07, 6.45) is 5.17. The summed E-state index contributed by atoms with van der Waals surface area (Å²) < 4.78 is 5.16. The molecule has 9 atom stereocenters. The highest BCUT2D eigenvalue weighted by molar-refractivity contribution is 5.86. The Hall–Kier alpha value is -1.57. The van der Waals surface area contributed by atoms with Crippen LogP contribution in [0.15, 0.2) is 11.6 Å². The molecule has 0 saturated heterocycles. The van der Waals surface area contributed by atoms with E-state index in [9.17, 15) is 29.7 Å². The van der Waals surface area contributed by atoms with E-state index in [4.69, 9.17) is 4.74 Å². The molecule has 4 aliphatic carbocycles. The molecule has 32 heavy (non-hydrogen) atoms. The fourth-order valence-corrected chi connectivity index (χ4v) is 9.00. The summed E-state index contributed by atoms with van der Waals surface area (Å²) in [4.78, 5) is 37.3. The van der Waals surface area contributed by atoms with E-state index in [0.29, 0.717) is 25.7 Å². The molecule has 1 unspecified atom stereocenters. The molecule has 0 aromatic heterocycles. The lowest BCUT2D eigenvalue weighted by atomic mass is 9.39. The zero-order chi connectivity index (χ0) is 23.1. The summed E-state index contributed by atoms with van der Waals surface area (Å²) in [6.45, 7) is 3.80. The van der Waals surface area contributed by atoms with Crippen molar-refractivity contribution in [1.29, 1.82) is 0 Å². The van der Waals surface area contributed by atoms with Crippen LogP contribution in [-0.2, 0) is 19.1 Å². The van der Waals surface area contributed by atoms with Crippen molar-refractivity contribution < 1.29 is 34.4 Å². The number of fused-ring (bicyclic) bond motifs is 5. The number of aliphatic hydroxyl groups excluding tert-OH is 1. The van der Waals surface area contributed by atoms with Gasteiger partial charge in [-0.1, -0.05) is 6.92 Å². The van der Waals surface area contributed by atoms with Crippen LogP contribution in [0.25, 0.3) is 0 Å². The van der Waals surface area contributed by atoms with Crippen LogP contribution in [0.3, 0.4) is 0 Å². The number of hydrogen-bond donors (Lipinski definition) is 3. The number of rotatable bonds is 3. The lowest BCUT2D eigenvalue weighted by Crippen LogP contribution is -2.72. The van der Waals surface area contributed by atoms with Crippen molar-refractivity contribution in [3.05, 3.63) is 11.6 Å². The number of Topliss-reactive ketones (excluding diaryl/α,β-unsaturated/α-hetero) is 1. The van der Waals surface area contributed by atoms with Gasteiger partial charge in [0.2, 0.25) is 0 Å². The zero-order valence-corrected chi connectivity index (χ0v) is 18.9. The molecule has 0 aromatic carbocycles. The van der Waals surface area contributed by atoms with Crippen molar-refractivity contribution in [2.24, 2.45) is 34.5 Å². The van der Waals surface area contributed by atoms with Gasteiger partial charge in [0, 0.05) is 23.8 Å². The van der Waals surface area contributed by atoms with Crippen molar-refractivity contribution in [3.8, 4) is 0 Å². The second-order valence-corrected chi connectivity index (χ2v) is 11.4. The topological polar surface area (TPSA) is 121 Å². The highest BCUT2D eigenvalue weighted by atomic mass is 16.5. The molecule has 0 amide bonds. The molecule has 4 fully saturated rings. The van der Waals surface area contributed by atoms with Crippen LogP contribution in [0.1, 0.15) is 65.2 Å². The summed E-state index contributed by atoms with van der Waals surface area (Å²) in [5, 5.41) is 34.4.